The Labute approximate surface area is 84.1 Å². The van der Waals surface area contributed by atoms with Gasteiger partial charge in [0.05, 0.1) is 13.7 Å². The van der Waals surface area contributed by atoms with Crippen molar-refractivity contribution >= 4 is 5.97 Å². The average molecular weight is 202 g/mol. The molecule has 1 rings (SSSR count). The van der Waals surface area contributed by atoms with Gasteiger partial charge in [-0.15, -0.1) is 0 Å². The summed E-state index contributed by atoms with van der Waals surface area (Å²) in [6.45, 7) is 3.84. The van der Waals surface area contributed by atoms with E-state index in [1.54, 1.807) is 0 Å². The van der Waals surface area contributed by atoms with Crippen LogP contribution in [0, 0.1) is 0 Å². The molecule has 1 unspecified atom stereocenters. The highest BCUT2D eigenvalue weighted by Crippen LogP contribution is 2.00. The highest BCUT2D eigenvalue weighted by atomic mass is 16.5. The number of nitrogens with zero attached hydrogens (tertiary/aromatic N) is 1. The Morgan fingerprint density at radius 2 is 2.36 bits per heavy atom. The van der Waals surface area contributed by atoms with Crippen molar-refractivity contribution in [1.29, 1.82) is 0 Å². The van der Waals surface area contributed by atoms with Crippen molar-refractivity contribution in [1.82, 2.24) is 4.90 Å². The summed E-state index contributed by atoms with van der Waals surface area (Å²) in [5, 5.41) is 0. The van der Waals surface area contributed by atoms with Gasteiger partial charge in [0.2, 0.25) is 0 Å². The van der Waals surface area contributed by atoms with Crippen molar-refractivity contribution < 1.29 is 14.3 Å². The quantitative estimate of drug-likeness (QED) is 0.607. The first-order chi connectivity index (χ1) is 6.74. The molecule has 1 atom stereocenters. The van der Waals surface area contributed by atoms with Crippen LogP contribution in [0.1, 0.15) is 6.42 Å². The van der Waals surface area contributed by atoms with Crippen molar-refractivity contribution in [3.8, 4) is 0 Å². The van der Waals surface area contributed by atoms with Crippen molar-refractivity contribution in [2.24, 2.45) is 5.73 Å². The second kappa shape index (κ2) is 5.95. The predicted octanol–water partition coefficient (Wildman–Crippen LogP) is -0.791. The van der Waals surface area contributed by atoms with E-state index in [0.29, 0.717) is 13.2 Å². The lowest BCUT2D eigenvalue weighted by Gasteiger charge is -2.21. The van der Waals surface area contributed by atoms with Gasteiger partial charge in [-0.3, -0.25) is 9.69 Å². The van der Waals surface area contributed by atoms with Crippen molar-refractivity contribution in [3.63, 3.8) is 0 Å². The summed E-state index contributed by atoms with van der Waals surface area (Å²) in [6.07, 6.45) is 0.994. The van der Waals surface area contributed by atoms with Crippen LogP contribution in [0.3, 0.4) is 0 Å². The van der Waals surface area contributed by atoms with Crippen LogP contribution in [0.5, 0.6) is 0 Å². The average Bonchev–Trinajstić information content (AvgIpc) is 2.45. The zero-order valence-electron chi connectivity index (χ0n) is 8.57. The lowest BCUT2D eigenvalue weighted by molar-refractivity contribution is -0.142. The molecule has 5 heteroatoms. The Balaban J connectivity index is 2.30. The van der Waals surface area contributed by atoms with Gasteiger partial charge in [-0.2, -0.15) is 0 Å². The maximum atomic E-state index is 11.1. The highest BCUT2D eigenvalue weighted by Gasteiger charge is 2.18. The standard InChI is InChI=1S/C9H18N2O3/c1-13-9(12)8(10)7-11-3-2-5-14-6-4-11/h8H,2-7,10H2,1H3. The second-order valence-electron chi connectivity index (χ2n) is 3.40. The van der Waals surface area contributed by atoms with Crippen LogP contribution in [-0.4, -0.2) is 56.9 Å². The topological polar surface area (TPSA) is 64.8 Å². The highest BCUT2D eigenvalue weighted by molar-refractivity contribution is 5.75. The van der Waals surface area contributed by atoms with Crippen molar-refractivity contribution in [3.05, 3.63) is 0 Å². The first-order valence-electron chi connectivity index (χ1n) is 4.87. The van der Waals surface area contributed by atoms with Crippen LogP contribution in [0.25, 0.3) is 0 Å². The fourth-order valence-electron chi connectivity index (χ4n) is 1.48. The van der Waals surface area contributed by atoms with Gasteiger partial charge in [0.25, 0.3) is 0 Å². The molecular weight excluding hydrogens is 184 g/mol. The van der Waals surface area contributed by atoms with Gasteiger partial charge >= 0.3 is 5.97 Å². The number of carbonyl (C=O) groups excluding carboxylic acids is 1. The number of hydrogen-bond donors (Lipinski definition) is 1. The lowest BCUT2D eigenvalue weighted by Crippen LogP contribution is -2.44. The van der Waals surface area contributed by atoms with Crippen LogP contribution >= 0.6 is 0 Å². The van der Waals surface area contributed by atoms with E-state index in [1.807, 2.05) is 0 Å². The number of hydrogen-bond acceptors (Lipinski definition) is 5. The Morgan fingerprint density at radius 1 is 1.57 bits per heavy atom. The van der Waals surface area contributed by atoms with E-state index in [9.17, 15) is 4.79 Å². The van der Waals surface area contributed by atoms with E-state index in [-0.39, 0.29) is 5.97 Å². The van der Waals surface area contributed by atoms with E-state index in [4.69, 9.17) is 10.5 Å². The molecule has 0 aromatic heterocycles. The van der Waals surface area contributed by atoms with Crippen LogP contribution in [0.2, 0.25) is 0 Å². The smallest absolute Gasteiger partial charge is 0.323 e. The molecule has 0 amide bonds. The van der Waals surface area contributed by atoms with E-state index < -0.39 is 6.04 Å². The zero-order chi connectivity index (χ0) is 10.4. The fourth-order valence-corrected chi connectivity index (χ4v) is 1.48. The first kappa shape index (κ1) is 11.4. The SMILES string of the molecule is COC(=O)C(N)CN1CCCOCC1. The minimum Gasteiger partial charge on any atom is -0.468 e. The summed E-state index contributed by atoms with van der Waals surface area (Å²) in [6, 6.07) is -0.543. The van der Waals surface area contributed by atoms with Gasteiger partial charge in [-0.25, -0.2) is 0 Å². The third-order valence-electron chi connectivity index (χ3n) is 2.27. The molecule has 1 saturated heterocycles. The summed E-state index contributed by atoms with van der Waals surface area (Å²) in [4.78, 5) is 13.2. The second-order valence-corrected chi connectivity index (χ2v) is 3.40. The number of methoxy groups -OCH3 is 1. The number of nitrogens with two attached hydrogens (primary N) is 1. The lowest BCUT2D eigenvalue weighted by atomic mass is 10.3. The third kappa shape index (κ3) is 3.61. The fraction of sp³-hybridized carbons (Fsp3) is 0.889. The molecule has 1 aliphatic heterocycles. The molecule has 0 aromatic carbocycles. The van der Waals surface area contributed by atoms with E-state index in [0.717, 1.165) is 26.1 Å². The number of esters is 1. The molecule has 5 nitrogen and oxygen atoms in total. The molecule has 1 aliphatic rings. The Bertz CT molecular complexity index is 179. The van der Waals surface area contributed by atoms with Crippen LogP contribution in [0.15, 0.2) is 0 Å². The maximum absolute atomic E-state index is 11.1. The third-order valence-corrected chi connectivity index (χ3v) is 2.27. The molecule has 82 valence electrons. The normalized spacial score (nSPS) is 21.3. The summed E-state index contributed by atoms with van der Waals surface area (Å²) >= 11 is 0. The van der Waals surface area contributed by atoms with Crippen LogP contribution < -0.4 is 5.73 Å². The molecule has 2 N–H and O–H groups in total. The number of ether oxygens (including phenoxy) is 2. The molecule has 0 radical (unpaired) electrons. The molecule has 0 saturated carbocycles. The predicted molar refractivity (Wildman–Crippen MR) is 51.9 cm³/mol. The van der Waals surface area contributed by atoms with E-state index >= 15 is 0 Å². The van der Waals surface area contributed by atoms with Crippen LogP contribution in [-0.2, 0) is 14.3 Å². The molecule has 0 bridgehead atoms. The zero-order valence-corrected chi connectivity index (χ0v) is 8.57. The number of rotatable bonds is 3. The van der Waals surface area contributed by atoms with Crippen molar-refractivity contribution in [2.75, 3.05) is 40.0 Å². The largest absolute Gasteiger partial charge is 0.468 e. The van der Waals surface area contributed by atoms with Gasteiger partial charge in [0.15, 0.2) is 0 Å². The van der Waals surface area contributed by atoms with Gasteiger partial charge in [-0.1, -0.05) is 0 Å². The summed E-state index contributed by atoms with van der Waals surface area (Å²) in [7, 11) is 1.35. The molecule has 0 aliphatic carbocycles. The van der Waals surface area contributed by atoms with E-state index in [1.165, 1.54) is 7.11 Å². The molecule has 0 spiro atoms. The summed E-state index contributed by atoms with van der Waals surface area (Å²) in [5.74, 6) is -0.352. The Kier molecular flexibility index (Phi) is 4.86. The first-order valence-corrected chi connectivity index (χ1v) is 4.87. The minimum absolute atomic E-state index is 0.352. The van der Waals surface area contributed by atoms with Gasteiger partial charge in [0, 0.05) is 26.2 Å². The monoisotopic (exact) mass is 202 g/mol. The maximum Gasteiger partial charge on any atom is 0.323 e. The minimum atomic E-state index is -0.543. The molecule has 1 fully saturated rings. The van der Waals surface area contributed by atoms with Gasteiger partial charge in [-0.05, 0) is 6.42 Å². The summed E-state index contributed by atoms with van der Waals surface area (Å²) in [5.41, 5.74) is 5.65. The summed E-state index contributed by atoms with van der Waals surface area (Å²) < 4.78 is 9.86. The molecule has 0 aromatic rings. The molecule has 14 heavy (non-hydrogen) atoms. The number of carbonyl (C=O) groups is 1. The Hall–Kier alpha value is -0.650. The van der Waals surface area contributed by atoms with Gasteiger partial charge < -0.3 is 15.2 Å². The molecule has 1 heterocycles. The van der Waals surface area contributed by atoms with Gasteiger partial charge in [0.1, 0.15) is 6.04 Å². The van der Waals surface area contributed by atoms with Crippen molar-refractivity contribution in [2.45, 2.75) is 12.5 Å². The molecular formula is C9H18N2O3. The van der Waals surface area contributed by atoms with Crippen LogP contribution in [0.4, 0.5) is 0 Å². The Morgan fingerprint density at radius 3 is 3.07 bits per heavy atom. The van der Waals surface area contributed by atoms with E-state index in [2.05, 4.69) is 9.64 Å².